The summed E-state index contributed by atoms with van der Waals surface area (Å²) in [5.74, 6) is -0.749. The van der Waals surface area contributed by atoms with Crippen molar-refractivity contribution < 1.29 is 13.9 Å². The third-order valence-corrected chi connectivity index (χ3v) is 3.29. The average molecular weight is 287 g/mol. The van der Waals surface area contributed by atoms with Gasteiger partial charge < -0.3 is 4.74 Å². The summed E-state index contributed by atoms with van der Waals surface area (Å²) in [7, 11) is 0. The lowest BCUT2D eigenvalue weighted by atomic mass is 9.99. The van der Waals surface area contributed by atoms with Gasteiger partial charge in [-0.3, -0.25) is 4.98 Å². The molecule has 2 rings (SSSR count). The zero-order valence-corrected chi connectivity index (χ0v) is 12.4. The Morgan fingerprint density at radius 1 is 1.24 bits per heavy atom. The molecule has 2 aromatic rings. The number of nitrogens with zero attached hydrogens (tertiary/aromatic N) is 1. The summed E-state index contributed by atoms with van der Waals surface area (Å²) in [5.41, 5.74) is 2.84. The summed E-state index contributed by atoms with van der Waals surface area (Å²) in [6, 6.07) is 8.15. The molecule has 1 aromatic carbocycles. The molecule has 0 N–H and O–H groups in total. The van der Waals surface area contributed by atoms with Gasteiger partial charge in [0.2, 0.25) is 0 Å². The molecule has 4 heteroatoms. The number of aromatic nitrogens is 1. The molecule has 0 atom stereocenters. The number of esters is 1. The second kappa shape index (κ2) is 6.48. The monoisotopic (exact) mass is 287 g/mol. The van der Waals surface area contributed by atoms with Crippen molar-refractivity contribution in [3.8, 4) is 11.1 Å². The lowest BCUT2D eigenvalue weighted by Gasteiger charge is -2.12. The standard InChI is InChI=1S/C17H18FNO2/c1-4-16-14(17(20)21-5-2)10-13(11(3)19-16)12-8-6-7-9-15(12)18/h6-10H,4-5H2,1-3H3. The van der Waals surface area contributed by atoms with E-state index in [1.54, 1.807) is 31.2 Å². The molecule has 0 spiro atoms. The van der Waals surface area contributed by atoms with E-state index in [0.717, 1.165) is 0 Å². The highest BCUT2D eigenvalue weighted by atomic mass is 19.1. The Balaban J connectivity index is 2.60. The molecule has 1 heterocycles. The van der Waals surface area contributed by atoms with Gasteiger partial charge in [0.15, 0.2) is 0 Å². The van der Waals surface area contributed by atoms with Gasteiger partial charge in [-0.25, -0.2) is 9.18 Å². The van der Waals surface area contributed by atoms with Crippen LogP contribution in [-0.2, 0) is 11.2 Å². The SMILES string of the molecule is CCOC(=O)c1cc(-c2ccccc2F)c(C)nc1CC. The number of rotatable bonds is 4. The number of ether oxygens (including phenoxy) is 1. The highest BCUT2D eigenvalue weighted by Gasteiger charge is 2.17. The average Bonchev–Trinajstić information content (AvgIpc) is 2.48. The molecule has 0 bridgehead atoms. The summed E-state index contributed by atoms with van der Waals surface area (Å²) in [6.45, 7) is 5.79. The first-order valence-corrected chi connectivity index (χ1v) is 7.01. The van der Waals surface area contributed by atoms with Crippen molar-refractivity contribution >= 4 is 5.97 Å². The van der Waals surface area contributed by atoms with Gasteiger partial charge in [0.05, 0.1) is 17.9 Å². The minimum Gasteiger partial charge on any atom is -0.462 e. The van der Waals surface area contributed by atoms with Gasteiger partial charge in [-0.05, 0) is 32.4 Å². The van der Waals surface area contributed by atoms with Gasteiger partial charge in [-0.15, -0.1) is 0 Å². The van der Waals surface area contributed by atoms with Crippen molar-refractivity contribution in [1.29, 1.82) is 0 Å². The van der Waals surface area contributed by atoms with Crippen molar-refractivity contribution in [3.05, 3.63) is 53.1 Å². The Hall–Kier alpha value is -2.23. The molecule has 0 aliphatic carbocycles. The van der Waals surface area contributed by atoms with Crippen molar-refractivity contribution in [2.75, 3.05) is 6.61 Å². The van der Waals surface area contributed by atoms with E-state index in [0.29, 0.717) is 41.1 Å². The predicted octanol–water partition coefficient (Wildman–Crippen LogP) is 3.94. The third-order valence-electron chi connectivity index (χ3n) is 3.29. The number of pyridine rings is 1. The topological polar surface area (TPSA) is 39.2 Å². The fraction of sp³-hybridized carbons (Fsp3) is 0.294. The lowest BCUT2D eigenvalue weighted by molar-refractivity contribution is 0.0524. The van der Waals surface area contributed by atoms with E-state index in [9.17, 15) is 9.18 Å². The van der Waals surface area contributed by atoms with Crippen LogP contribution >= 0.6 is 0 Å². The molecule has 3 nitrogen and oxygen atoms in total. The Morgan fingerprint density at radius 3 is 2.57 bits per heavy atom. The van der Waals surface area contributed by atoms with Crippen LogP contribution in [0.1, 0.15) is 35.6 Å². The highest BCUT2D eigenvalue weighted by Crippen LogP contribution is 2.27. The van der Waals surface area contributed by atoms with E-state index in [2.05, 4.69) is 4.98 Å². The largest absolute Gasteiger partial charge is 0.462 e. The van der Waals surface area contributed by atoms with Crippen LogP contribution in [0.3, 0.4) is 0 Å². The molecule has 0 saturated heterocycles. The maximum atomic E-state index is 14.0. The Labute approximate surface area is 123 Å². The number of hydrogen-bond donors (Lipinski definition) is 0. The van der Waals surface area contributed by atoms with E-state index < -0.39 is 5.97 Å². The summed E-state index contributed by atoms with van der Waals surface area (Å²) >= 11 is 0. The molecule has 21 heavy (non-hydrogen) atoms. The van der Waals surface area contributed by atoms with E-state index in [1.807, 2.05) is 13.8 Å². The quantitative estimate of drug-likeness (QED) is 0.800. The van der Waals surface area contributed by atoms with Crippen molar-refractivity contribution in [1.82, 2.24) is 4.98 Å². The normalized spacial score (nSPS) is 10.5. The zero-order valence-electron chi connectivity index (χ0n) is 12.4. The molecule has 0 fully saturated rings. The second-order valence-corrected chi connectivity index (χ2v) is 4.67. The van der Waals surface area contributed by atoms with Gasteiger partial charge in [-0.1, -0.05) is 25.1 Å². The number of carbonyl (C=O) groups is 1. The third kappa shape index (κ3) is 3.10. The Morgan fingerprint density at radius 2 is 1.95 bits per heavy atom. The number of halogens is 1. The fourth-order valence-electron chi connectivity index (χ4n) is 2.26. The van der Waals surface area contributed by atoms with Crippen molar-refractivity contribution in [2.24, 2.45) is 0 Å². The molecule has 1 aromatic heterocycles. The van der Waals surface area contributed by atoms with E-state index in [1.165, 1.54) is 6.07 Å². The van der Waals surface area contributed by atoms with E-state index >= 15 is 0 Å². The van der Waals surface area contributed by atoms with Gasteiger partial charge in [0, 0.05) is 16.8 Å². The first-order chi connectivity index (χ1) is 10.1. The highest BCUT2D eigenvalue weighted by molar-refractivity contribution is 5.92. The Kier molecular flexibility index (Phi) is 4.68. The van der Waals surface area contributed by atoms with E-state index in [-0.39, 0.29) is 5.82 Å². The first-order valence-electron chi connectivity index (χ1n) is 7.01. The summed E-state index contributed by atoms with van der Waals surface area (Å²) in [6.07, 6.45) is 0.618. The molecule has 0 saturated carbocycles. The smallest absolute Gasteiger partial charge is 0.340 e. The molecule has 0 radical (unpaired) electrons. The maximum Gasteiger partial charge on any atom is 0.340 e. The van der Waals surface area contributed by atoms with Crippen LogP contribution in [0.25, 0.3) is 11.1 Å². The minimum atomic E-state index is -0.417. The van der Waals surface area contributed by atoms with Crippen molar-refractivity contribution in [2.45, 2.75) is 27.2 Å². The number of aryl methyl sites for hydroxylation is 2. The number of hydrogen-bond acceptors (Lipinski definition) is 3. The lowest BCUT2D eigenvalue weighted by Crippen LogP contribution is -2.11. The molecule has 0 aliphatic rings. The molecular weight excluding hydrogens is 269 g/mol. The maximum absolute atomic E-state index is 14.0. The molecule has 0 aliphatic heterocycles. The van der Waals surface area contributed by atoms with Crippen LogP contribution in [0.15, 0.2) is 30.3 Å². The van der Waals surface area contributed by atoms with Crippen LogP contribution in [0, 0.1) is 12.7 Å². The summed E-state index contributed by atoms with van der Waals surface area (Å²) < 4.78 is 19.0. The van der Waals surface area contributed by atoms with Crippen LogP contribution in [0.5, 0.6) is 0 Å². The van der Waals surface area contributed by atoms with E-state index in [4.69, 9.17) is 4.74 Å². The van der Waals surface area contributed by atoms with Crippen LogP contribution < -0.4 is 0 Å². The zero-order chi connectivity index (χ0) is 15.4. The number of benzene rings is 1. The first kappa shape index (κ1) is 15.2. The van der Waals surface area contributed by atoms with Gasteiger partial charge in [0.1, 0.15) is 5.82 Å². The molecule has 0 amide bonds. The van der Waals surface area contributed by atoms with Crippen molar-refractivity contribution in [3.63, 3.8) is 0 Å². The summed E-state index contributed by atoms with van der Waals surface area (Å²) in [5, 5.41) is 0. The van der Waals surface area contributed by atoms with Gasteiger partial charge in [-0.2, -0.15) is 0 Å². The second-order valence-electron chi connectivity index (χ2n) is 4.67. The fourth-order valence-corrected chi connectivity index (χ4v) is 2.26. The van der Waals surface area contributed by atoms with Crippen LogP contribution in [0.4, 0.5) is 4.39 Å². The predicted molar refractivity (Wildman–Crippen MR) is 79.7 cm³/mol. The molecule has 110 valence electrons. The Bertz CT molecular complexity index is 668. The van der Waals surface area contributed by atoms with Gasteiger partial charge in [0.25, 0.3) is 0 Å². The molecular formula is C17H18FNO2. The molecule has 0 unspecified atom stereocenters. The van der Waals surface area contributed by atoms with Crippen LogP contribution in [0.2, 0.25) is 0 Å². The number of carbonyl (C=O) groups excluding carboxylic acids is 1. The van der Waals surface area contributed by atoms with Crippen LogP contribution in [-0.4, -0.2) is 17.6 Å². The summed E-state index contributed by atoms with van der Waals surface area (Å²) in [4.78, 5) is 16.5. The van der Waals surface area contributed by atoms with Gasteiger partial charge >= 0.3 is 5.97 Å². The minimum absolute atomic E-state index is 0.297.